The largest absolute Gasteiger partial charge is 0.346 e. The highest BCUT2D eigenvalue weighted by Crippen LogP contribution is 2.27. The third-order valence-corrected chi connectivity index (χ3v) is 4.96. The lowest BCUT2D eigenvalue weighted by Crippen LogP contribution is -2.24. The lowest BCUT2D eigenvalue weighted by molar-refractivity contribution is 0.786. The molecule has 6 nitrogen and oxygen atoms in total. The van der Waals surface area contributed by atoms with Crippen molar-refractivity contribution in [1.29, 1.82) is 0 Å². The Balaban J connectivity index is 1.56. The van der Waals surface area contributed by atoms with Crippen molar-refractivity contribution in [2.45, 2.75) is 13.1 Å². The third kappa shape index (κ3) is 4.38. The summed E-state index contributed by atoms with van der Waals surface area (Å²) in [5.41, 5.74) is 4.72. The highest BCUT2D eigenvalue weighted by Gasteiger charge is 2.18. The Labute approximate surface area is 180 Å². The van der Waals surface area contributed by atoms with Crippen LogP contribution in [0.3, 0.4) is 0 Å². The SMILES string of the molecule is [c]1cccc(Nc2nc(N(Cc3ccccc3)Cc3ccccc3)c3nc[nH]c3n2)c1. The lowest BCUT2D eigenvalue weighted by atomic mass is 10.1. The van der Waals surface area contributed by atoms with E-state index in [2.05, 4.69) is 79.8 Å². The summed E-state index contributed by atoms with van der Waals surface area (Å²) in [6.07, 6.45) is 1.66. The van der Waals surface area contributed by atoms with Crippen LogP contribution in [0.1, 0.15) is 11.1 Å². The van der Waals surface area contributed by atoms with Crippen molar-refractivity contribution < 1.29 is 0 Å². The summed E-state index contributed by atoms with van der Waals surface area (Å²) in [5, 5.41) is 3.28. The summed E-state index contributed by atoms with van der Waals surface area (Å²) in [5.74, 6) is 1.29. The smallest absolute Gasteiger partial charge is 0.231 e. The van der Waals surface area contributed by atoms with Crippen molar-refractivity contribution in [3.8, 4) is 0 Å². The number of hydrogen-bond donors (Lipinski definition) is 2. The van der Waals surface area contributed by atoms with E-state index in [9.17, 15) is 0 Å². The van der Waals surface area contributed by atoms with Gasteiger partial charge in [0.05, 0.1) is 6.33 Å². The van der Waals surface area contributed by atoms with Crippen LogP contribution < -0.4 is 10.2 Å². The van der Waals surface area contributed by atoms with Crippen molar-refractivity contribution in [1.82, 2.24) is 19.9 Å². The van der Waals surface area contributed by atoms with Gasteiger partial charge in [-0.3, -0.25) is 0 Å². The van der Waals surface area contributed by atoms with Crippen molar-refractivity contribution in [2.75, 3.05) is 10.2 Å². The molecular weight excluding hydrogens is 384 g/mol. The van der Waals surface area contributed by atoms with Gasteiger partial charge in [0, 0.05) is 18.8 Å². The van der Waals surface area contributed by atoms with E-state index in [1.807, 2.05) is 36.4 Å². The third-order valence-electron chi connectivity index (χ3n) is 4.96. The molecule has 0 spiro atoms. The molecule has 0 unspecified atom stereocenters. The molecule has 0 saturated heterocycles. The zero-order valence-corrected chi connectivity index (χ0v) is 16.9. The number of fused-ring (bicyclic) bond motifs is 1. The van der Waals surface area contributed by atoms with Crippen LogP contribution in [0.4, 0.5) is 17.5 Å². The van der Waals surface area contributed by atoms with E-state index in [0.717, 1.165) is 17.0 Å². The maximum absolute atomic E-state index is 4.87. The van der Waals surface area contributed by atoms with Crippen LogP contribution in [0.5, 0.6) is 0 Å². The Bertz CT molecular complexity index is 1210. The van der Waals surface area contributed by atoms with Gasteiger partial charge in [-0.1, -0.05) is 72.8 Å². The molecule has 31 heavy (non-hydrogen) atoms. The summed E-state index contributed by atoms with van der Waals surface area (Å²) in [7, 11) is 0. The molecule has 0 fully saturated rings. The van der Waals surface area contributed by atoms with E-state index in [0.29, 0.717) is 24.7 Å². The second-order valence-corrected chi connectivity index (χ2v) is 7.21. The number of hydrogen-bond acceptors (Lipinski definition) is 5. The fraction of sp³-hybridized carbons (Fsp3) is 0.0800. The molecule has 0 bridgehead atoms. The predicted octanol–water partition coefficient (Wildman–Crippen LogP) is 5.10. The molecule has 3 aromatic carbocycles. The summed E-state index contributed by atoms with van der Waals surface area (Å²) in [4.78, 5) is 19.4. The zero-order valence-electron chi connectivity index (χ0n) is 16.9. The molecule has 2 heterocycles. The molecule has 0 aliphatic rings. The Morgan fingerprint density at radius 3 is 2.19 bits per heavy atom. The molecule has 5 aromatic rings. The van der Waals surface area contributed by atoms with E-state index in [-0.39, 0.29) is 0 Å². The highest BCUT2D eigenvalue weighted by atomic mass is 15.2. The highest BCUT2D eigenvalue weighted by molar-refractivity contribution is 5.84. The van der Waals surface area contributed by atoms with Gasteiger partial charge in [0.25, 0.3) is 0 Å². The molecule has 0 saturated carbocycles. The van der Waals surface area contributed by atoms with Gasteiger partial charge in [-0.05, 0) is 29.3 Å². The zero-order chi connectivity index (χ0) is 20.9. The van der Waals surface area contributed by atoms with E-state index < -0.39 is 0 Å². The minimum absolute atomic E-state index is 0.512. The quantitative estimate of drug-likeness (QED) is 0.394. The summed E-state index contributed by atoms with van der Waals surface area (Å²) in [6, 6.07) is 31.5. The molecule has 0 aliphatic carbocycles. The van der Waals surface area contributed by atoms with Gasteiger partial charge in [0.15, 0.2) is 17.0 Å². The van der Waals surface area contributed by atoms with Crippen LogP contribution in [0.15, 0.2) is 91.3 Å². The minimum Gasteiger partial charge on any atom is -0.346 e. The average molecular weight is 405 g/mol. The van der Waals surface area contributed by atoms with Gasteiger partial charge in [0.1, 0.15) is 0 Å². The molecule has 151 valence electrons. The van der Waals surface area contributed by atoms with Gasteiger partial charge in [0.2, 0.25) is 5.95 Å². The van der Waals surface area contributed by atoms with Gasteiger partial charge < -0.3 is 15.2 Å². The minimum atomic E-state index is 0.512. The van der Waals surface area contributed by atoms with Crippen LogP contribution >= 0.6 is 0 Å². The first-order valence-electron chi connectivity index (χ1n) is 10.1. The number of imidazole rings is 1. The first-order valence-corrected chi connectivity index (χ1v) is 10.1. The molecular formula is C25H21N6. The Morgan fingerprint density at radius 2 is 1.55 bits per heavy atom. The van der Waals surface area contributed by atoms with E-state index in [1.165, 1.54) is 11.1 Å². The standard InChI is InChI=1S/C25H21N6/c1-4-10-19(11-5-1)16-31(17-20-12-6-2-7-13-20)24-22-23(27-18-26-22)29-25(30-24)28-21-14-8-3-9-15-21/h1-8,10-15,18H,16-17H2,(H2,26,27,28,29,30). The van der Waals surface area contributed by atoms with E-state index >= 15 is 0 Å². The number of aromatic nitrogens is 4. The first-order chi connectivity index (χ1) is 15.3. The fourth-order valence-electron chi connectivity index (χ4n) is 3.51. The number of nitrogens with zero attached hydrogens (tertiary/aromatic N) is 4. The molecule has 0 atom stereocenters. The van der Waals surface area contributed by atoms with Crippen molar-refractivity contribution in [3.63, 3.8) is 0 Å². The van der Waals surface area contributed by atoms with Crippen molar-refractivity contribution >= 4 is 28.6 Å². The van der Waals surface area contributed by atoms with Crippen LogP contribution in [0.25, 0.3) is 11.2 Å². The average Bonchev–Trinajstić information content (AvgIpc) is 3.29. The van der Waals surface area contributed by atoms with E-state index in [4.69, 9.17) is 4.98 Å². The van der Waals surface area contributed by atoms with Crippen LogP contribution in [0.2, 0.25) is 0 Å². The van der Waals surface area contributed by atoms with Gasteiger partial charge >= 0.3 is 0 Å². The fourth-order valence-corrected chi connectivity index (χ4v) is 3.51. The topological polar surface area (TPSA) is 69.7 Å². The molecule has 5 rings (SSSR count). The number of nitrogens with one attached hydrogen (secondary N) is 2. The van der Waals surface area contributed by atoms with Crippen LogP contribution in [-0.2, 0) is 13.1 Å². The summed E-state index contributed by atoms with van der Waals surface area (Å²) in [6.45, 7) is 1.40. The lowest BCUT2D eigenvalue weighted by Gasteiger charge is -2.25. The second kappa shape index (κ2) is 8.67. The van der Waals surface area contributed by atoms with Crippen molar-refractivity contribution in [2.24, 2.45) is 0 Å². The van der Waals surface area contributed by atoms with Gasteiger partial charge in [-0.2, -0.15) is 9.97 Å². The van der Waals surface area contributed by atoms with Gasteiger partial charge in [-0.25, -0.2) is 4.98 Å². The first kappa shape index (κ1) is 18.8. The number of aromatic amines is 1. The van der Waals surface area contributed by atoms with Crippen LogP contribution in [0, 0.1) is 6.07 Å². The molecule has 2 N–H and O–H groups in total. The summed E-state index contributed by atoms with van der Waals surface area (Å²) < 4.78 is 0. The predicted molar refractivity (Wildman–Crippen MR) is 123 cm³/mol. The molecule has 2 aromatic heterocycles. The Hall–Kier alpha value is -4.19. The maximum Gasteiger partial charge on any atom is 0.231 e. The monoisotopic (exact) mass is 405 g/mol. The Kier molecular flexibility index (Phi) is 5.26. The number of benzene rings is 3. The second-order valence-electron chi connectivity index (χ2n) is 7.21. The molecule has 1 radical (unpaired) electrons. The van der Waals surface area contributed by atoms with Crippen molar-refractivity contribution in [3.05, 3.63) is 108 Å². The maximum atomic E-state index is 4.87. The number of H-pyrrole nitrogens is 1. The Morgan fingerprint density at radius 1 is 0.839 bits per heavy atom. The number of anilines is 3. The van der Waals surface area contributed by atoms with Crippen LogP contribution in [-0.4, -0.2) is 19.9 Å². The normalized spacial score (nSPS) is 10.8. The molecule has 6 heteroatoms. The number of rotatable bonds is 7. The molecule has 0 amide bonds. The molecule has 0 aliphatic heterocycles. The van der Waals surface area contributed by atoms with E-state index in [1.54, 1.807) is 6.33 Å². The van der Waals surface area contributed by atoms with Gasteiger partial charge in [-0.15, -0.1) is 0 Å². The summed E-state index contributed by atoms with van der Waals surface area (Å²) >= 11 is 0.